The van der Waals surface area contributed by atoms with E-state index in [0.717, 1.165) is 12.1 Å². The van der Waals surface area contributed by atoms with Crippen molar-refractivity contribution in [3.63, 3.8) is 0 Å². The summed E-state index contributed by atoms with van der Waals surface area (Å²) in [6.45, 7) is 7.44. The number of rotatable bonds is 6. The highest BCUT2D eigenvalue weighted by Gasteiger charge is 2.14. The lowest BCUT2D eigenvalue weighted by atomic mass is 9.94. The number of nitrogens with one attached hydrogen (secondary N) is 1. The van der Waals surface area contributed by atoms with Gasteiger partial charge in [0, 0.05) is 18.9 Å². The zero-order chi connectivity index (χ0) is 13.5. The molecule has 3 nitrogen and oxygen atoms in total. The number of aryl methyl sites for hydroxylation is 1. The third-order valence-electron chi connectivity index (χ3n) is 2.97. The molecule has 1 aromatic rings. The van der Waals surface area contributed by atoms with Crippen molar-refractivity contribution in [1.29, 1.82) is 0 Å². The Bertz CT molecular complexity index is 371. The van der Waals surface area contributed by atoms with Crippen molar-refractivity contribution in [3.8, 4) is 0 Å². The number of hydrogen-bond acceptors (Lipinski definition) is 2. The van der Waals surface area contributed by atoms with Gasteiger partial charge in [0.05, 0.1) is 0 Å². The van der Waals surface area contributed by atoms with E-state index < -0.39 is 0 Å². The molecule has 3 N–H and O–H groups in total. The summed E-state index contributed by atoms with van der Waals surface area (Å²) < 4.78 is 0. The summed E-state index contributed by atoms with van der Waals surface area (Å²) in [7, 11) is 0. The average Bonchev–Trinajstić information content (AvgIpc) is 2.34. The summed E-state index contributed by atoms with van der Waals surface area (Å²) in [5.41, 5.74) is 8.13. The summed E-state index contributed by atoms with van der Waals surface area (Å²) >= 11 is 0. The van der Waals surface area contributed by atoms with Crippen molar-refractivity contribution in [2.45, 2.75) is 33.1 Å². The topological polar surface area (TPSA) is 55.1 Å². The van der Waals surface area contributed by atoms with E-state index in [2.05, 4.69) is 50.4 Å². The van der Waals surface area contributed by atoms with Gasteiger partial charge in [0.15, 0.2) is 0 Å². The van der Waals surface area contributed by atoms with Crippen LogP contribution in [0.1, 0.15) is 37.3 Å². The van der Waals surface area contributed by atoms with E-state index >= 15 is 0 Å². The Kier molecular flexibility index (Phi) is 5.86. The van der Waals surface area contributed by atoms with E-state index in [9.17, 15) is 4.79 Å². The number of nitrogens with two attached hydrogens (primary N) is 1. The summed E-state index contributed by atoms with van der Waals surface area (Å²) in [5, 5.41) is 2.93. The van der Waals surface area contributed by atoms with E-state index in [1.165, 1.54) is 5.56 Å². The van der Waals surface area contributed by atoms with Crippen LogP contribution in [0.2, 0.25) is 0 Å². The number of hydrogen-bond donors (Lipinski definition) is 2. The highest BCUT2D eigenvalue weighted by Crippen LogP contribution is 2.18. The average molecular weight is 248 g/mol. The summed E-state index contributed by atoms with van der Waals surface area (Å²) in [4.78, 5) is 11.8. The molecular weight excluding hydrogens is 224 g/mol. The first kappa shape index (κ1) is 14.7. The fraction of sp³-hybridized carbons (Fsp3) is 0.533. The van der Waals surface area contributed by atoms with Crippen LogP contribution >= 0.6 is 0 Å². The Hall–Kier alpha value is -1.35. The van der Waals surface area contributed by atoms with Gasteiger partial charge in [-0.1, -0.05) is 43.7 Å². The smallest absolute Gasteiger partial charge is 0.220 e. The second kappa shape index (κ2) is 7.17. The van der Waals surface area contributed by atoms with Crippen LogP contribution in [-0.2, 0) is 4.79 Å². The van der Waals surface area contributed by atoms with Gasteiger partial charge in [-0.3, -0.25) is 4.79 Å². The first-order chi connectivity index (χ1) is 8.52. The predicted octanol–water partition coefficient (Wildman–Crippen LogP) is 2.20. The van der Waals surface area contributed by atoms with Crippen molar-refractivity contribution < 1.29 is 4.79 Å². The molecule has 0 aliphatic carbocycles. The van der Waals surface area contributed by atoms with Crippen LogP contribution in [-0.4, -0.2) is 19.0 Å². The van der Waals surface area contributed by atoms with Gasteiger partial charge < -0.3 is 11.1 Å². The lowest BCUT2D eigenvalue weighted by Gasteiger charge is -2.16. The van der Waals surface area contributed by atoms with Gasteiger partial charge in [-0.2, -0.15) is 0 Å². The van der Waals surface area contributed by atoms with Crippen molar-refractivity contribution in [1.82, 2.24) is 5.32 Å². The fourth-order valence-electron chi connectivity index (χ4n) is 1.79. The lowest BCUT2D eigenvalue weighted by molar-refractivity contribution is -0.121. The zero-order valence-electron chi connectivity index (χ0n) is 11.6. The van der Waals surface area contributed by atoms with Gasteiger partial charge in [-0.05, 0) is 24.9 Å². The molecule has 0 aliphatic heterocycles. The molecule has 0 aromatic heterocycles. The lowest BCUT2D eigenvalue weighted by Crippen LogP contribution is -2.30. The van der Waals surface area contributed by atoms with Crippen molar-refractivity contribution in [3.05, 3.63) is 35.4 Å². The molecule has 18 heavy (non-hydrogen) atoms. The van der Waals surface area contributed by atoms with Crippen LogP contribution < -0.4 is 11.1 Å². The van der Waals surface area contributed by atoms with Crippen LogP contribution in [0.4, 0.5) is 0 Å². The van der Waals surface area contributed by atoms with Crippen LogP contribution in [0, 0.1) is 12.8 Å². The minimum atomic E-state index is 0.0831. The van der Waals surface area contributed by atoms with Crippen LogP contribution in [0.5, 0.6) is 0 Å². The van der Waals surface area contributed by atoms with Gasteiger partial charge >= 0.3 is 0 Å². The predicted molar refractivity (Wildman–Crippen MR) is 75.4 cm³/mol. The molecule has 0 fully saturated rings. The molecule has 0 saturated heterocycles. The number of carbonyl (C=O) groups is 1. The third kappa shape index (κ3) is 4.88. The molecule has 0 aliphatic rings. The van der Waals surface area contributed by atoms with E-state index in [-0.39, 0.29) is 11.8 Å². The summed E-state index contributed by atoms with van der Waals surface area (Å²) in [5.74, 6) is 0.669. The monoisotopic (exact) mass is 248 g/mol. The molecule has 0 bridgehead atoms. The molecule has 1 unspecified atom stereocenters. The maximum Gasteiger partial charge on any atom is 0.220 e. The third-order valence-corrected chi connectivity index (χ3v) is 2.97. The van der Waals surface area contributed by atoms with Crippen molar-refractivity contribution >= 4 is 5.91 Å². The molecule has 0 spiro atoms. The first-order valence-corrected chi connectivity index (χ1v) is 6.56. The van der Waals surface area contributed by atoms with Gasteiger partial charge in [-0.25, -0.2) is 0 Å². The minimum Gasteiger partial charge on any atom is -0.356 e. The molecule has 1 amide bonds. The van der Waals surface area contributed by atoms with E-state index in [4.69, 9.17) is 5.73 Å². The summed E-state index contributed by atoms with van der Waals surface area (Å²) in [6, 6.07) is 8.24. The fourth-order valence-corrected chi connectivity index (χ4v) is 1.79. The van der Waals surface area contributed by atoms with Gasteiger partial charge in [-0.15, -0.1) is 0 Å². The van der Waals surface area contributed by atoms with E-state index in [1.54, 1.807) is 0 Å². The Labute approximate surface area is 110 Å². The Morgan fingerprint density at radius 3 is 2.39 bits per heavy atom. The standard InChI is InChI=1S/C15H24N2O/c1-11(2)10-17-15(18)8-14(9-16)13-6-4-12(3)5-7-13/h4-7,11,14H,8-10,16H2,1-3H3,(H,17,18). The molecular formula is C15H24N2O. The Balaban J connectivity index is 2.56. The van der Waals surface area contributed by atoms with E-state index in [0.29, 0.717) is 18.9 Å². The van der Waals surface area contributed by atoms with Crippen LogP contribution in [0.25, 0.3) is 0 Å². The minimum absolute atomic E-state index is 0.0831. The highest BCUT2D eigenvalue weighted by molar-refractivity contribution is 5.76. The normalized spacial score (nSPS) is 12.5. The molecule has 1 aromatic carbocycles. The molecule has 1 rings (SSSR count). The van der Waals surface area contributed by atoms with Crippen LogP contribution in [0.15, 0.2) is 24.3 Å². The molecule has 0 heterocycles. The number of amides is 1. The van der Waals surface area contributed by atoms with Crippen molar-refractivity contribution in [2.24, 2.45) is 11.7 Å². The van der Waals surface area contributed by atoms with Crippen LogP contribution in [0.3, 0.4) is 0 Å². The maximum atomic E-state index is 11.8. The summed E-state index contributed by atoms with van der Waals surface area (Å²) in [6.07, 6.45) is 0.465. The molecule has 0 saturated carbocycles. The second-order valence-electron chi connectivity index (χ2n) is 5.25. The largest absolute Gasteiger partial charge is 0.356 e. The highest BCUT2D eigenvalue weighted by atomic mass is 16.1. The number of carbonyl (C=O) groups excluding carboxylic acids is 1. The van der Waals surface area contributed by atoms with E-state index in [1.807, 2.05) is 0 Å². The van der Waals surface area contributed by atoms with Gasteiger partial charge in [0.25, 0.3) is 0 Å². The van der Waals surface area contributed by atoms with Gasteiger partial charge in [0.1, 0.15) is 0 Å². The molecule has 1 atom stereocenters. The maximum absolute atomic E-state index is 11.8. The Morgan fingerprint density at radius 1 is 1.28 bits per heavy atom. The molecule has 0 radical (unpaired) electrons. The SMILES string of the molecule is Cc1ccc(C(CN)CC(=O)NCC(C)C)cc1. The molecule has 100 valence electrons. The first-order valence-electron chi connectivity index (χ1n) is 6.56. The molecule has 3 heteroatoms. The zero-order valence-corrected chi connectivity index (χ0v) is 11.6. The quantitative estimate of drug-likeness (QED) is 0.811. The Morgan fingerprint density at radius 2 is 1.89 bits per heavy atom. The second-order valence-corrected chi connectivity index (χ2v) is 5.25. The van der Waals surface area contributed by atoms with Crippen molar-refractivity contribution in [2.75, 3.05) is 13.1 Å². The number of benzene rings is 1. The van der Waals surface area contributed by atoms with Gasteiger partial charge in [0.2, 0.25) is 5.91 Å².